The molecule has 102 valence electrons. The summed E-state index contributed by atoms with van der Waals surface area (Å²) >= 11 is 0. The number of phenolic OH excluding ortho intramolecular Hbond substituents is 1. The van der Waals surface area contributed by atoms with E-state index >= 15 is 0 Å². The maximum absolute atomic E-state index is 11.8. The fraction of sp³-hybridized carbons (Fsp3) is 0.308. The van der Waals surface area contributed by atoms with Crippen molar-refractivity contribution in [2.75, 3.05) is 14.2 Å². The number of esters is 2. The summed E-state index contributed by atoms with van der Waals surface area (Å²) < 4.78 is 8.94. The van der Waals surface area contributed by atoms with Crippen molar-refractivity contribution >= 4 is 17.7 Å². The van der Waals surface area contributed by atoms with E-state index in [1.165, 1.54) is 32.4 Å². The molecule has 1 aromatic rings. The third kappa shape index (κ3) is 3.80. The van der Waals surface area contributed by atoms with Crippen LogP contribution < -0.4 is 0 Å². The van der Waals surface area contributed by atoms with Gasteiger partial charge in [0.05, 0.1) is 31.8 Å². The van der Waals surface area contributed by atoms with Gasteiger partial charge in [0, 0.05) is 6.42 Å². The highest BCUT2D eigenvalue weighted by Gasteiger charge is 2.16. The zero-order valence-electron chi connectivity index (χ0n) is 10.6. The van der Waals surface area contributed by atoms with Gasteiger partial charge in [-0.25, -0.2) is 4.79 Å². The number of carbonyl (C=O) groups excluding carboxylic acids is 3. The molecule has 0 fully saturated rings. The Bertz CT molecular complexity index is 506. The number of aromatic hydroxyl groups is 1. The van der Waals surface area contributed by atoms with Crippen LogP contribution in [0.5, 0.6) is 5.75 Å². The topological polar surface area (TPSA) is 89.9 Å². The van der Waals surface area contributed by atoms with E-state index in [1.807, 2.05) is 0 Å². The largest absolute Gasteiger partial charge is 0.507 e. The van der Waals surface area contributed by atoms with Gasteiger partial charge in [-0.1, -0.05) is 0 Å². The summed E-state index contributed by atoms with van der Waals surface area (Å²) in [5.74, 6) is -1.82. The number of benzene rings is 1. The van der Waals surface area contributed by atoms with Gasteiger partial charge in [-0.15, -0.1) is 0 Å². The summed E-state index contributed by atoms with van der Waals surface area (Å²) in [6.45, 7) is 0. The summed E-state index contributed by atoms with van der Waals surface area (Å²) in [5.41, 5.74) is 0.133. The normalized spacial score (nSPS) is 9.79. The minimum absolute atomic E-state index is 0.0215. The fourth-order valence-electron chi connectivity index (χ4n) is 1.46. The summed E-state index contributed by atoms with van der Waals surface area (Å²) in [6.07, 6.45) is -0.192. The molecule has 0 spiro atoms. The van der Waals surface area contributed by atoms with E-state index in [4.69, 9.17) is 0 Å². The second kappa shape index (κ2) is 6.53. The third-order valence-electron chi connectivity index (χ3n) is 2.50. The molecule has 0 amide bonds. The van der Waals surface area contributed by atoms with Crippen LogP contribution in [0.25, 0.3) is 0 Å². The van der Waals surface area contributed by atoms with Gasteiger partial charge < -0.3 is 14.6 Å². The number of Topliss-reactive ketones (excluding diaryl/α,β-unsaturated/α-hetero) is 1. The Kier molecular flexibility index (Phi) is 5.05. The van der Waals surface area contributed by atoms with E-state index in [9.17, 15) is 19.5 Å². The molecule has 0 atom stereocenters. The van der Waals surface area contributed by atoms with Gasteiger partial charge in [0.2, 0.25) is 0 Å². The first-order valence-electron chi connectivity index (χ1n) is 5.51. The van der Waals surface area contributed by atoms with Crippen molar-refractivity contribution in [2.24, 2.45) is 0 Å². The summed E-state index contributed by atoms with van der Waals surface area (Å²) in [4.78, 5) is 34.1. The van der Waals surface area contributed by atoms with Crippen LogP contribution in [0.15, 0.2) is 18.2 Å². The lowest BCUT2D eigenvalue weighted by molar-refractivity contribution is -0.140. The number of methoxy groups -OCH3 is 2. The van der Waals surface area contributed by atoms with Gasteiger partial charge in [-0.3, -0.25) is 9.59 Å². The van der Waals surface area contributed by atoms with Crippen LogP contribution in [0.1, 0.15) is 33.6 Å². The Hall–Kier alpha value is -2.37. The number of phenols is 1. The van der Waals surface area contributed by atoms with Crippen LogP contribution in [0, 0.1) is 0 Å². The zero-order valence-corrected chi connectivity index (χ0v) is 10.6. The lowest BCUT2D eigenvalue weighted by Gasteiger charge is -2.06. The first-order valence-corrected chi connectivity index (χ1v) is 5.51. The second-order valence-corrected chi connectivity index (χ2v) is 3.72. The molecule has 6 heteroatoms. The third-order valence-corrected chi connectivity index (χ3v) is 2.50. The standard InChI is InChI=1S/C13H14O6/c1-18-12(16)6-5-11(15)9-7-8(13(17)19-2)3-4-10(9)14/h3-4,7,14H,5-6H2,1-2H3. The SMILES string of the molecule is COC(=O)CCC(=O)c1cc(C(=O)OC)ccc1O. The molecule has 1 N–H and O–H groups in total. The van der Waals surface area contributed by atoms with E-state index < -0.39 is 17.7 Å². The number of rotatable bonds is 5. The highest BCUT2D eigenvalue weighted by Crippen LogP contribution is 2.21. The van der Waals surface area contributed by atoms with Crippen molar-refractivity contribution in [3.8, 4) is 5.75 Å². The predicted molar refractivity (Wildman–Crippen MR) is 65.0 cm³/mol. The molecule has 0 aliphatic carbocycles. The van der Waals surface area contributed by atoms with E-state index in [0.29, 0.717) is 0 Å². The van der Waals surface area contributed by atoms with Crippen molar-refractivity contribution in [1.82, 2.24) is 0 Å². The predicted octanol–water partition coefficient (Wildman–Crippen LogP) is 1.31. The van der Waals surface area contributed by atoms with Crippen LogP contribution in [0.2, 0.25) is 0 Å². The molecule has 0 heterocycles. The average molecular weight is 266 g/mol. The smallest absolute Gasteiger partial charge is 0.337 e. The molecule has 0 unspecified atom stereocenters. The minimum atomic E-state index is -0.609. The van der Waals surface area contributed by atoms with Crippen LogP contribution >= 0.6 is 0 Å². The van der Waals surface area contributed by atoms with Crippen molar-refractivity contribution in [3.63, 3.8) is 0 Å². The van der Waals surface area contributed by atoms with Gasteiger partial charge in [-0.05, 0) is 18.2 Å². The van der Waals surface area contributed by atoms with Crippen LogP contribution in [-0.4, -0.2) is 37.0 Å². The highest BCUT2D eigenvalue weighted by molar-refractivity contribution is 6.02. The Morgan fingerprint density at radius 1 is 1.11 bits per heavy atom. The molecule has 0 aliphatic heterocycles. The molecule has 1 aromatic carbocycles. The van der Waals surface area contributed by atoms with Gasteiger partial charge in [0.25, 0.3) is 0 Å². The summed E-state index contributed by atoms with van der Waals surface area (Å²) in [6, 6.07) is 3.82. The molecule has 1 rings (SSSR count). The molecular formula is C13H14O6. The van der Waals surface area contributed by atoms with Crippen LogP contribution in [0.3, 0.4) is 0 Å². The second-order valence-electron chi connectivity index (χ2n) is 3.72. The maximum atomic E-state index is 11.8. The van der Waals surface area contributed by atoms with E-state index in [-0.39, 0.29) is 29.7 Å². The molecule has 19 heavy (non-hydrogen) atoms. The van der Waals surface area contributed by atoms with Crippen molar-refractivity contribution < 1.29 is 29.0 Å². The van der Waals surface area contributed by atoms with Crippen LogP contribution in [0.4, 0.5) is 0 Å². The van der Waals surface area contributed by atoms with Gasteiger partial charge >= 0.3 is 11.9 Å². The Balaban J connectivity index is 2.89. The fourth-order valence-corrected chi connectivity index (χ4v) is 1.46. The number of ether oxygens (including phenoxy) is 2. The van der Waals surface area contributed by atoms with Crippen molar-refractivity contribution in [3.05, 3.63) is 29.3 Å². The summed E-state index contributed by atoms with van der Waals surface area (Å²) in [5, 5.41) is 9.59. The van der Waals surface area contributed by atoms with Crippen molar-refractivity contribution in [1.29, 1.82) is 0 Å². The Morgan fingerprint density at radius 3 is 2.37 bits per heavy atom. The van der Waals surface area contributed by atoms with E-state index in [2.05, 4.69) is 9.47 Å². The zero-order chi connectivity index (χ0) is 14.4. The first-order chi connectivity index (χ1) is 8.99. The number of ketones is 1. The number of carbonyl (C=O) groups is 3. The van der Waals surface area contributed by atoms with Crippen LogP contribution in [-0.2, 0) is 14.3 Å². The number of hydrogen-bond acceptors (Lipinski definition) is 6. The van der Waals surface area contributed by atoms with E-state index in [0.717, 1.165) is 0 Å². The molecule has 0 saturated heterocycles. The highest BCUT2D eigenvalue weighted by atomic mass is 16.5. The lowest BCUT2D eigenvalue weighted by atomic mass is 10.0. The molecule has 6 nitrogen and oxygen atoms in total. The summed E-state index contributed by atoms with van der Waals surface area (Å²) in [7, 11) is 2.44. The Morgan fingerprint density at radius 2 is 1.79 bits per heavy atom. The molecule has 0 radical (unpaired) electrons. The first kappa shape index (κ1) is 14.7. The van der Waals surface area contributed by atoms with Gasteiger partial charge in [-0.2, -0.15) is 0 Å². The molecule has 0 saturated carbocycles. The van der Waals surface area contributed by atoms with Crippen molar-refractivity contribution in [2.45, 2.75) is 12.8 Å². The van der Waals surface area contributed by atoms with Gasteiger partial charge in [0.15, 0.2) is 5.78 Å². The molecule has 0 aliphatic rings. The monoisotopic (exact) mass is 266 g/mol. The van der Waals surface area contributed by atoms with E-state index in [1.54, 1.807) is 0 Å². The number of hydrogen-bond donors (Lipinski definition) is 1. The maximum Gasteiger partial charge on any atom is 0.337 e. The molecule has 0 bridgehead atoms. The molecule has 0 aromatic heterocycles. The lowest BCUT2D eigenvalue weighted by Crippen LogP contribution is -2.08. The average Bonchev–Trinajstić information content (AvgIpc) is 2.43. The molecular weight excluding hydrogens is 252 g/mol. The van der Waals surface area contributed by atoms with Gasteiger partial charge in [0.1, 0.15) is 5.75 Å². The quantitative estimate of drug-likeness (QED) is 0.638. The Labute approximate surface area is 109 Å². The minimum Gasteiger partial charge on any atom is -0.507 e.